The zero-order valence-corrected chi connectivity index (χ0v) is 13.3. The molecule has 0 amide bonds. The number of para-hydroxylation sites is 2. The number of nitrogens with one attached hydrogen (secondary N) is 2. The van der Waals surface area contributed by atoms with Crippen LogP contribution in [0.3, 0.4) is 0 Å². The van der Waals surface area contributed by atoms with Gasteiger partial charge in [-0.1, -0.05) is 18.2 Å². The lowest BCUT2D eigenvalue weighted by molar-refractivity contribution is 0.521. The molecule has 0 aliphatic carbocycles. The van der Waals surface area contributed by atoms with Gasteiger partial charge in [0.25, 0.3) is 0 Å². The number of hydrogen-bond donors (Lipinski definition) is 2. The van der Waals surface area contributed by atoms with Crippen LogP contribution in [0.25, 0.3) is 11.0 Å². The molecule has 0 spiro atoms. The summed E-state index contributed by atoms with van der Waals surface area (Å²) in [6.07, 6.45) is 4.12. The van der Waals surface area contributed by atoms with Crippen molar-refractivity contribution in [1.29, 1.82) is 0 Å². The number of piperidine rings is 1. The zero-order chi connectivity index (χ0) is 15.6. The Balaban J connectivity index is 1.38. The lowest BCUT2D eigenvalue weighted by Crippen LogP contribution is -2.39. The Labute approximate surface area is 135 Å². The summed E-state index contributed by atoms with van der Waals surface area (Å²) in [6, 6.07) is 12.8. The van der Waals surface area contributed by atoms with E-state index in [0.717, 1.165) is 48.7 Å². The van der Waals surface area contributed by atoms with Crippen molar-refractivity contribution in [2.45, 2.75) is 25.8 Å². The standard InChI is InChI=1S/C18H21N5/c1-13-6-7-17(19-12-13)23-10-8-14(9-11-23)20-18-21-15-4-2-3-5-16(15)22-18/h2-7,12,14H,8-11H2,1H3,(H2,20,21,22). The first-order valence-electron chi connectivity index (χ1n) is 8.17. The number of aromatic nitrogens is 3. The van der Waals surface area contributed by atoms with E-state index in [2.05, 4.69) is 50.3 Å². The van der Waals surface area contributed by atoms with Gasteiger partial charge < -0.3 is 15.2 Å². The summed E-state index contributed by atoms with van der Waals surface area (Å²) < 4.78 is 0. The normalized spacial score (nSPS) is 16.0. The van der Waals surface area contributed by atoms with Gasteiger partial charge in [0.1, 0.15) is 5.82 Å². The van der Waals surface area contributed by atoms with Crippen molar-refractivity contribution in [3.8, 4) is 0 Å². The second kappa shape index (κ2) is 5.91. The van der Waals surface area contributed by atoms with E-state index < -0.39 is 0 Å². The maximum atomic E-state index is 4.60. The number of anilines is 2. The highest BCUT2D eigenvalue weighted by atomic mass is 15.2. The lowest BCUT2D eigenvalue weighted by Gasteiger charge is -2.33. The molecule has 23 heavy (non-hydrogen) atoms. The molecule has 4 rings (SSSR count). The van der Waals surface area contributed by atoms with Crippen molar-refractivity contribution >= 4 is 22.8 Å². The van der Waals surface area contributed by atoms with Crippen molar-refractivity contribution in [1.82, 2.24) is 15.0 Å². The first-order chi connectivity index (χ1) is 11.3. The maximum Gasteiger partial charge on any atom is 0.201 e. The third kappa shape index (κ3) is 2.99. The SMILES string of the molecule is Cc1ccc(N2CCC(Nc3nc4ccccc4[nH]3)CC2)nc1. The predicted molar refractivity (Wildman–Crippen MR) is 93.9 cm³/mol. The summed E-state index contributed by atoms with van der Waals surface area (Å²) in [4.78, 5) is 14.8. The average Bonchev–Trinajstić information content (AvgIpc) is 2.98. The van der Waals surface area contributed by atoms with E-state index in [0.29, 0.717) is 6.04 Å². The molecule has 5 heteroatoms. The van der Waals surface area contributed by atoms with Gasteiger partial charge in [-0.2, -0.15) is 0 Å². The summed E-state index contributed by atoms with van der Waals surface area (Å²) in [5.74, 6) is 1.95. The molecule has 2 N–H and O–H groups in total. The molecule has 3 aromatic rings. The monoisotopic (exact) mass is 307 g/mol. The fourth-order valence-corrected chi connectivity index (χ4v) is 3.11. The molecular weight excluding hydrogens is 286 g/mol. The molecule has 2 aromatic heterocycles. The van der Waals surface area contributed by atoms with Gasteiger partial charge in [0, 0.05) is 25.3 Å². The number of hydrogen-bond acceptors (Lipinski definition) is 4. The zero-order valence-electron chi connectivity index (χ0n) is 13.3. The number of fused-ring (bicyclic) bond motifs is 1. The highest BCUT2D eigenvalue weighted by Gasteiger charge is 2.20. The number of benzene rings is 1. The van der Waals surface area contributed by atoms with Crippen LogP contribution >= 0.6 is 0 Å². The van der Waals surface area contributed by atoms with E-state index in [1.807, 2.05) is 24.4 Å². The quantitative estimate of drug-likeness (QED) is 0.779. The molecule has 118 valence electrons. The summed E-state index contributed by atoms with van der Waals surface area (Å²) in [6.45, 7) is 4.11. The molecule has 0 radical (unpaired) electrons. The minimum Gasteiger partial charge on any atom is -0.356 e. The molecule has 0 saturated carbocycles. The van der Waals surface area contributed by atoms with Crippen molar-refractivity contribution in [2.24, 2.45) is 0 Å². The Hall–Kier alpha value is -2.56. The number of H-pyrrole nitrogens is 1. The highest BCUT2D eigenvalue weighted by Crippen LogP contribution is 2.21. The van der Waals surface area contributed by atoms with E-state index in [1.165, 1.54) is 5.56 Å². The number of rotatable bonds is 3. The van der Waals surface area contributed by atoms with Crippen LogP contribution in [0, 0.1) is 6.92 Å². The van der Waals surface area contributed by atoms with Crippen LogP contribution in [0.2, 0.25) is 0 Å². The maximum absolute atomic E-state index is 4.60. The van der Waals surface area contributed by atoms with Gasteiger partial charge in [0.05, 0.1) is 11.0 Å². The third-order valence-electron chi connectivity index (χ3n) is 4.44. The summed E-state index contributed by atoms with van der Waals surface area (Å²) >= 11 is 0. The first-order valence-corrected chi connectivity index (χ1v) is 8.17. The highest BCUT2D eigenvalue weighted by molar-refractivity contribution is 5.77. The van der Waals surface area contributed by atoms with Gasteiger partial charge in [0.2, 0.25) is 5.95 Å². The molecule has 0 atom stereocenters. The molecule has 1 aromatic carbocycles. The number of pyridine rings is 1. The minimum absolute atomic E-state index is 0.456. The Morgan fingerprint density at radius 3 is 2.70 bits per heavy atom. The smallest absolute Gasteiger partial charge is 0.201 e. The van der Waals surface area contributed by atoms with Crippen LogP contribution in [0.1, 0.15) is 18.4 Å². The van der Waals surface area contributed by atoms with E-state index >= 15 is 0 Å². The van der Waals surface area contributed by atoms with Crippen LogP contribution < -0.4 is 10.2 Å². The Morgan fingerprint density at radius 1 is 1.13 bits per heavy atom. The van der Waals surface area contributed by atoms with Gasteiger partial charge in [-0.3, -0.25) is 0 Å². The fraction of sp³-hybridized carbons (Fsp3) is 0.333. The van der Waals surface area contributed by atoms with E-state index in [-0.39, 0.29) is 0 Å². The molecule has 1 aliphatic rings. The molecule has 1 saturated heterocycles. The topological polar surface area (TPSA) is 56.8 Å². The fourth-order valence-electron chi connectivity index (χ4n) is 3.11. The van der Waals surface area contributed by atoms with Crippen LogP contribution in [0.4, 0.5) is 11.8 Å². The number of aromatic amines is 1. The van der Waals surface area contributed by atoms with Gasteiger partial charge >= 0.3 is 0 Å². The molecule has 0 unspecified atom stereocenters. The second-order valence-corrected chi connectivity index (χ2v) is 6.20. The second-order valence-electron chi connectivity index (χ2n) is 6.20. The summed E-state index contributed by atoms with van der Waals surface area (Å²) in [5, 5.41) is 3.54. The largest absolute Gasteiger partial charge is 0.356 e. The molecule has 0 bridgehead atoms. The summed E-state index contributed by atoms with van der Waals surface area (Å²) in [7, 11) is 0. The molecule has 5 nitrogen and oxygen atoms in total. The van der Waals surface area contributed by atoms with Crippen LogP contribution in [0.15, 0.2) is 42.6 Å². The van der Waals surface area contributed by atoms with Gasteiger partial charge in [0.15, 0.2) is 0 Å². The van der Waals surface area contributed by atoms with Crippen LogP contribution in [-0.2, 0) is 0 Å². The molecule has 1 fully saturated rings. The van der Waals surface area contributed by atoms with Crippen LogP contribution in [-0.4, -0.2) is 34.1 Å². The van der Waals surface area contributed by atoms with Gasteiger partial charge in [-0.05, 0) is 43.5 Å². The van der Waals surface area contributed by atoms with E-state index in [9.17, 15) is 0 Å². The predicted octanol–water partition coefficient (Wildman–Crippen LogP) is 3.35. The molecular formula is C18H21N5. The lowest BCUT2D eigenvalue weighted by atomic mass is 10.1. The first kappa shape index (κ1) is 14.1. The van der Waals surface area contributed by atoms with Gasteiger partial charge in [-0.15, -0.1) is 0 Å². The minimum atomic E-state index is 0.456. The Kier molecular flexibility index (Phi) is 3.61. The number of imidazole rings is 1. The molecule has 1 aliphatic heterocycles. The van der Waals surface area contributed by atoms with Crippen molar-refractivity contribution in [3.63, 3.8) is 0 Å². The van der Waals surface area contributed by atoms with Crippen LogP contribution in [0.5, 0.6) is 0 Å². The van der Waals surface area contributed by atoms with E-state index in [1.54, 1.807) is 0 Å². The van der Waals surface area contributed by atoms with Crippen molar-refractivity contribution in [3.05, 3.63) is 48.2 Å². The molecule has 3 heterocycles. The van der Waals surface area contributed by atoms with Crippen molar-refractivity contribution < 1.29 is 0 Å². The van der Waals surface area contributed by atoms with E-state index in [4.69, 9.17) is 0 Å². The van der Waals surface area contributed by atoms with Gasteiger partial charge in [-0.25, -0.2) is 9.97 Å². The summed E-state index contributed by atoms with van der Waals surface area (Å²) in [5.41, 5.74) is 3.29. The number of aryl methyl sites for hydroxylation is 1. The Morgan fingerprint density at radius 2 is 1.96 bits per heavy atom. The number of nitrogens with zero attached hydrogens (tertiary/aromatic N) is 3. The van der Waals surface area contributed by atoms with Crippen molar-refractivity contribution in [2.75, 3.05) is 23.3 Å². The average molecular weight is 307 g/mol. The Bertz CT molecular complexity index is 752. The third-order valence-corrected chi connectivity index (χ3v) is 4.44.